The van der Waals surface area contributed by atoms with Crippen LogP contribution in [0.4, 0.5) is 0 Å². The number of rotatable bonds is 5. The molecule has 0 radical (unpaired) electrons. The minimum absolute atomic E-state index is 0.0911. The van der Waals surface area contributed by atoms with Crippen LogP contribution in [0.1, 0.15) is 17.2 Å². The number of aliphatic hydroxyl groups excluding tert-OH is 1. The zero-order chi connectivity index (χ0) is 20.4. The van der Waals surface area contributed by atoms with Crippen molar-refractivity contribution >= 4 is 45.0 Å². The molecule has 1 atom stereocenters. The molecular weight excluding hydrogens is 444 g/mol. The van der Waals surface area contributed by atoms with Crippen LogP contribution in [0.15, 0.2) is 58.6 Å². The molecule has 2 aromatic rings. The number of benzene rings is 2. The van der Waals surface area contributed by atoms with E-state index in [0.29, 0.717) is 23.7 Å². The summed E-state index contributed by atoms with van der Waals surface area (Å²) in [5.74, 6) is -1.47. The van der Waals surface area contributed by atoms with Crippen LogP contribution in [0.25, 0.3) is 5.76 Å². The van der Waals surface area contributed by atoms with Crippen LogP contribution in [-0.2, 0) is 9.59 Å². The highest BCUT2D eigenvalue weighted by Gasteiger charge is 2.45. The number of ketones is 1. The summed E-state index contributed by atoms with van der Waals surface area (Å²) in [5.41, 5.74) is 1.29. The van der Waals surface area contributed by atoms with Crippen LogP contribution in [0.5, 0.6) is 0 Å². The van der Waals surface area contributed by atoms with Crippen molar-refractivity contribution in [1.82, 2.24) is 9.80 Å². The average molecular weight is 464 g/mol. The molecule has 0 bridgehead atoms. The molecule has 1 aliphatic rings. The molecule has 1 fully saturated rings. The standard InChI is InChI=1S/C21H20BrClN2O3/c1-24(2)11-12-25-18(13-5-9-16(23)10-6-13)17(20(27)21(25)28)19(26)14-3-7-15(22)8-4-14/h3-10,18,26H,11-12H2,1-2H3/b19-17-. The van der Waals surface area contributed by atoms with Crippen molar-refractivity contribution in [3.63, 3.8) is 0 Å². The van der Waals surface area contributed by atoms with Crippen molar-refractivity contribution in [3.05, 3.63) is 74.7 Å². The fourth-order valence-corrected chi connectivity index (χ4v) is 3.56. The maximum atomic E-state index is 12.8. The Hall–Kier alpha value is -2.15. The number of nitrogens with zero attached hydrogens (tertiary/aromatic N) is 2. The highest BCUT2D eigenvalue weighted by molar-refractivity contribution is 9.10. The lowest BCUT2D eigenvalue weighted by atomic mass is 9.95. The van der Waals surface area contributed by atoms with E-state index in [1.165, 1.54) is 4.90 Å². The number of carbonyl (C=O) groups excluding carboxylic acids is 2. The van der Waals surface area contributed by atoms with Crippen molar-refractivity contribution in [2.24, 2.45) is 0 Å². The SMILES string of the molecule is CN(C)CCN1C(=O)C(=O)/C(=C(\O)c2ccc(Br)cc2)C1c1ccc(Cl)cc1. The number of halogens is 2. The molecular formula is C21H20BrClN2O3. The Kier molecular flexibility index (Phi) is 6.23. The van der Waals surface area contributed by atoms with Crippen molar-refractivity contribution in [2.45, 2.75) is 6.04 Å². The first-order chi connectivity index (χ1) is 13.3. The van der Waals surface area contributed by atoms with E-state index < -0.39 is 17.7 Å². The Morgan fingerprint density at radius 2 is 1.71 bits per heavy atom. The smallest absolute Gasteiger partial charge is 0.295 e. The third kappa shape index (κ3) is 4.14. The van der Waals surface area contributed by atoms with Crippen LogP contribution in [0, 0.1) is 0 Å². The summed E-state index contributed by atoms with van der Waals surface area (Å²) in [6.45, 7) is 0.956. The minimum Gasteiger partial charge on any atom is -0.507 e. The highest BCUT2D eigenvalue weighted by Crippen LogP contribution is 2.39. The molecule has 0 spiro atoms. The van der Waals surface area contributed by atoms with Crippen molar-refractivity contribution < 1.29 is 14.7 Å². The Morgan fingerprint density at radius 1 is 1.11 bits per heavy atom. The van der Waals surface area contributed by atoms with Crippen molar-refractivity contribution in [2.75, 3.05) is 27.2 Å². The first-order valence-electron chi connectivity index (χ1n) is 8.74. The summed E-state index contributed by atoms with van der Waals surface area (Å²) < 4.78 is 0.852. The second-order valence-corrected chi connectivity index (χ2v) is 8.21. The number of hydrogen-bond acceptors (Lipinski definition) is 4. The van der Waals surface area contributed by atoms with Crippen LogP contribution in [0.2, 0.25) is 5.02 Å². The molecule has 1 heterocycles. The minimum atomic E-state index is -0.681. The second kappa shape index (κ2) is 8.47. The molecule has 1 amide bonds. The van der Waals surface area contributed by atoms with Gasteiger partial charge in [-0.3, -0.25) is 9.59 Å². The van der Waals surface area contributed by atoms with Gasteiger partial charge in [0.1, 0.15) is 5.76 Å². The van der Waals surface area contributed by atoms with Gasteiger partial charge in [-0.2, -0.15) is 0 Å². The predicted octanol–water partition coefficient (Wildman–Crippen LogP) is 4.09. The van der Waals surface area contributed by atoms with Crippen LogP contribution < -0.4 is 0 Å². The number of likely N-dealkylation sites (N-methyl/N-ethyl adjacent to an activating group) is 1. The quantitative estimate of drug-likeness (QED) is 0.412. The zero-order valence-corrected chi connectivity index (χ0v) is 17.9. The number of hydrogen-bond donors (Lipinski definition) is 1. The summed E-state index contributed by atoms with van der Waals surface area (Å²) in [5, 5.41) is 11.5. The fourth-order valence-electron chi connectivity index (χ4n) is 3.17. The van der Waals surface area contributed by atoms with Crippen molar-refractivity contribution in [3.8, 4) is 0 Å². The molecule has 0 saturated carbocycles. The van der Waals surface area contributed by atoms with E-state index >= 15 is 0 Å². The molecule has 1 N–H and O–H groups in total. The van der Waals surface area contributed by atoms with E-state index in [0.717, 1.165) is 10.0 Å². The lowest BCUT2D eigenvalue weighted by molar-refractivity contribution is -0.140. The van der Waals surface area contributed by atoms with Gasteiger partial charge in [-0.1, -0.05) is 51.8 Å². The van der Waals surface area contributed by atoms with Gasteiger partial charge in [0.05, 0.1) is 11.6 Å². The van der Waals surface area contributed by atoms with E-state index in [9.17, 15) is 14.7 Å². The molecule has 146 valence electrons. The fraction of sp³-hybridized carbons (Fsp3) is 0.238. The third-order valence-electron chi connectivity index (χ3n) is 4.63. The number of carbonyl (C=O) groups is 2. The largest absolute Gasteiger partial charge is 0.507 e. The monoisotopic (exact) mass is 462 g/mol. The Balaban J connectivity index is 2.13. The summed E-state index contributed by atoms with van der Waals surface area (Å²) in [6, 6.07) is 13.2. The van der Waals surface area contributed by atoms with E-state index in [4.69, 9.17) is 11.6 Å². The predicted molar refractivity (Wildman–Crippen MR) is 113 cm³/mol. The number of likely N-dealkylation sites (tertiary alicyclic amines) is 1. The molecule has 7 heteroatoms. The molecule has 1 saturated heterocycles. The maximum absolute atomic E-state index is 12.8. The molecule has 2 aromatic carbocycles. The molecule has 28 heavy (non-hydrogen) atoms. The lowest BCUT2D eigenvalue weighted by Gasteiger charge is -2.26. The van der Waals surface area contributed by atoms with Crippen LogP contribution in [0.3, 0.4) is 0 Å². The van der Waals surface area contributed by atoms with Gasteiger partial charge in [-0.05, 0) is 43.9 Å². The van der Waals surface area contributed by atoms with Crippen LogP contribution in [-0.4, -0.2) is 53.8 Å². The third-order valence-corrected chi connectivity index (χ3v) is 5.41. The van der Waals surface area contributed by atoms with Gasteiger partial charge in [-0.15, -0.1) is 0 Å². The van der Waals surface area contributed by atoms with Gasteiger partial charge in [-0.25, -0.2) is 0 Å². The van der Waals surface area contributed by atoms with Crippen LogP contribution >= 0.6 is 27.5 Å². The van der Waals surface area contributed by atoms with E-state index in [2.05, 4.69) is 15.9 Å². The van der Waals surface area contributed by atoms with Gasteiger partial charge in [0.2, 0.25) is 0 Å². The van der Waals surface area contributed by atoms with Gasteiger partial charge in [0, 0.05) is 28.1 Å². The van der Waals surface area contributed by atoms with Gasteiger partial charge in [0.25, 0.3) is 11.7 Å². The number of Topliss-reactive ketones (excluding diaryl/α,β-unsaturated/α-hetero) is 1. The molecule has 1 unspecified atom stereocenters. The molecule has 1 aliphatic heterocycles. The van der Waals surface area contributed by atoms with Gasteiger partial charge < -0.3 is 14.9 Å². The zero-order valence-electron chi connectivity index (χ0n) is 15.5. The molecule has 3 rings (SSSR count). The Bertz CT molecular complexity index is 924. The van der Waals surface area contributed by atoms with E-state index in [1.54, 1.807) is 48.5 Å². The molecule has 5 nitrogen and oxygen atoms in total. The molecule has 0 aromatic heterocycles. The van der Waals surface area contributed by atoms with Gasteiger partial charge in [0.15, 0.2) is 0 Å². The van der Waals surface area contributed by atoms with Gasteiger partial charge >= 0.3 is 0 Å². The topological polar surface area (TPSA) is 60.9 Å². The summed E-state index contributed by atoms with van der Waals surface area (Å²) in [6.07, 6.45) is 0. The lowest BCUT2D eigenvalue weighted by Crippen LogP contribution is -2.35. The van der Waals surface area contributed by atoms with E-state index in [-0.39, 0.29) is 11.3 Å². The number of amides is 1. The van der Waals surface area contributed by atoms with Crippen molar-refractivity contribution in [1.29, 1.82) is 0 Å². The average Bonchev–Trinajstić information content (AvgIpc) is 2.91. The normalized spacial score (nSPS) is 18.9. The first kappa shape index (κ1) is 20.6. The summed E-state index contributed by atoms with van der Waals surface area (Å²) in [7, 11) is 3.80. The van der Waals surface area contributed by atoms with E-state index in [1.807, 2.05) is 19.0 Å². The second-order valence-electron chi connectivity index (χ2n) is 6.85. The highest BCUT2D eigenvalue weighted by atomic mass is 79.9. The summed E-state index contributed by atoms with van der Waals surface area (Å²) in [4.78, 5) is 29.0. The maximum Gasteiger partial charge on any atom is 0.295 e. The Labute approximate surface area is 177 Å². The Morgan fingerprint density at radius 3 is 2.29 bits per heavy atom. The molecule has 0 aliphatic carbocycles. The first-order valence-corrected chi connectivity index (χ1v) is 9.91. The number of aliphatic hydroxyl groups is 1. The summed E-state index contributed by atoms with van der Waals surface area (Å²) >= 11 is 9.36.